The number of hydrogen-bond donors (Lipinski definition) is 1. The van der Waals surface area contributed by atoms with E-state index in [1.807, 2.05) is 31.2 Å². The summed E-state index contributed by atoms with van der Waals surface area (Å²) in [7, 11) is 0. The molecule has 3 aromatic carbocycles. The second-order valence-electron chi connectivity index (χ2n) is 10.1. The summed E-state index contributed by atoms with van der Waals surface area (Å²) in [6.45, 7) is 7.36. The van der Waals surface area contributed by atoms with Crippen molar-refractivity contribution in [1.82, 2.24) is 4.98 Å². The fourth-order valence-electron chi connectivity index (χ4n) is 4.83. The van der Waals surface area contributed by atoms with Gasteiger partial charge < -0.3 is 14.6 Å². The van der Waals surface area contributed by atoms with Crippen molar-refractivity contribution in [2.24, 2.45) is 0 Å². The number of esters is 1. The van der Waals surface area contributed by atoms with Crippen LogP contribution in [-0.4, -0.2) is 39.3 Å². The van der Waals surface area contributed by atoms with Crippen LogP contribution in [0.3, 0.4) is 0 Å². The Labute approximate surface area is 261 Å². The number of carbonyl (C=O) groups excluding carboxylic acids is 3. The summed E-state index contributed by atoms with van der Waals surface area (Å²) in [6.07, 6.45) is 1.41. The molecule has 12 heteroatoms. The summed E-state index contributed by atoms with van der Waals surface area (Å²) in [6, 6.07) is 18.3. The van der Waals surface area contributed by atoms with Crippen molar-refractivity contribution in [1.29, 1.82) is 0 Å². The standard InChI is InChI=1S/C33H27N3O8S/c1-4-16-43-32(40)30-20(3)34-33(45-30)35-27(22-8-12-24(13-9-22)36(41)42)26(29(38)31(35)39)28(37)23-10-14-25(15-11-23)44-18-21-7-5-6-19(2)17-21/h4-15,17,27,37H,1,16,18H2,2-3H3. The van der Waals surface area contributed by atoms with Crippen LogP contribution in [0.2, 0.25) is 0 Å². The van der Waals surface area contributed by atoms with Crippen LogP contribution in [0.25, 0.3) is 5.76 Å². The molecule has 0 saturated carbocycles. The molecule has 0 radical (unpaired) electrons. The van der Waals surface area contributed by atoms with E-state index in [-0.39, 0.29) is 39.1 Å². The topological polar surface area (TPSA) is 149 Å². The lowest BCUT2D eigenvalue weighted by atomic mass is 9.95. The summed E-state index contributed by atoms with van der Waals surface area (Å²) in [5.41, 5.74) is 2.47. The van der Waals surface area contributed by atoms with Crippen LogP contribution >= 0.6 is 11.3 Å². The highest BCUT2D eigenvalue weighted by Gasteiger charge is 2.48. The minimum absolute atomic E-state index is 0.0162. The average molecular weight is 626 g/mol. The highest BCUT2D eigenvalue weighted by Crippen LogP contribution is 2.44. The van der Waals surface area contributed by atoms with Crippen LogP contribution in [0.1, 0.15) is 43.7 Å². The van der Waals surface area contributed by atoms with Gasteiger partial charge in [-0.05, 0) is 61.4 Å². The van der Waals surface area contributed by atoms with Crippen molar-refractivity contribution in [2.45, 2.75) is 26.5 Å². The number of Topliss-reactive ketones (excluding diaryl/α,β-unsaturated/α-hetero) is 1. The number of aliphatic hydroxyl groups excluding tert-OH is 1. The fourth-order valence-corrected chi connectivity index (χ4v) is 5.82. The Kier molecular flexibility index (Phi) is 8.86. The Bertz CT molecular complexity index is 1840. The van der Waals surface area contributed by atoms with E-state index in [1.165, 1.54) is 30.3 Å². The van der Waals surface area contributed by atoms with Crippen LogP contribution < -0.4 is 9.64 Å². The van der Waals surface area contributed by atoms with Crippen molar-refractivity contribution in [3.05, 3.63) is 134 Å². The molecule has 1 fully saturated rings. The predicted octanol–water partition coefficient (Wildman–Crippen LogP) is 6.22. The molecule has 0 aliphatic carbocycles. The van der Waals surface area contributed by atoms with Crippen molar-refractivity contribution in [3.8, 4) is 5.75 Å². The van der Waals surface area contributed by atoms with E-state index in [4.69, 9.17) is 9.47 Å². The third-order valence-corrected chi connectivity index (χ3v) is 8.13. The summed E-state index contributed by atoms with van der Waals surface area (Å²) in [5.74, 6) is -2.58. The van der Waals surface area contributed by atoms with E-state index in [2.05, 4.69) is 11.6 Å². The molecule has 0 bridgehead atoms. The summed E-state index contributed by atoms with van der Waals surface area (Å²) in [5, 5.41) is 22.8. The van der Waals surface area contributed by atoms with Gasteiger partial charge in [0, 0.05) is 17.7 Å². The number of thiazole rings is 1. The Morgan fingerprint density at radius 3 is 2.47 bits per heavy atom. The van der Waals surface area contributed by atoms with E-state index in [0.29, 0.717) is 17.9 Å². The van der Waals surface area contributed by atoms with Gasteiger partial charge in [-0.3, -0.25) is 24.6 Å². The van der Waals surface area contributed by atoms with Crippen LogP contribution in [0.5, 0.6) is 5.75 Å². The average Bonchev–Trinajstić information content (AvgIpc) is 3.54. The number of non-ortho nitro benzene ring substituents is 1. The van der Waals surface area contributed by atoms with Crippen LogP contribution in [0.4, 0.5) is 10.8 Å². The van der Waals surface area contributed by atoms with Gasteiger partial charge in [0.2, 0.25) is 0 Å². The molecule has 1 aliphatic rings. The highest BCUT2D eigenvalue weighted by molar-refractivity contribution is 7.17. The Balaban J connectivity index is 1.53. The highest BCUT2D eigenvalue weighted by atomic mass is 32.1. The second-order valence-corrected chi connectivity index (χ2v) is 11.1. The molecule has 45 heavy (non-hydrogen) atoms. The SMILES string of the molecule is C=CCOC(=O)c1sc(N2C(=O)C(=O)C(=C(O)c3ccc(OCc4cccc(C)c4)cc3)C2c2ccc([N+](=O)[O-])cc2)nc1C. The molecule has 1 amide bonds. The number of hydrogen-bond acceptors (Lipinski definition) is 10. The van der Waals surface area contributed by atoms with Crippen LogP contribution in [0, 0.1) is 24.0 Å². The van der Waals surface area contributed by atoms with E-state index < -0.39 is 34.4 Å². The molecule has 228 valence electrons. The number of benzene rings is 3. The minimum Gasteiger partial charge on any atom is -0.507 e. The van der Waals surface area contributed by atoms with Gasteiger partial charge in [0.25, 0.3) is 11.5 Å². The first-order chi connectivity index (χ1) is 21.6. The lowest BCUT2D eigenvalue weighted by Gasteiger charge is -2.23. The Morgan fingerprint density at radius 2 is 1.82 bits per heavy atom. The maximum atomic E-state index is 13.5. The van der Waals surface area contributed by atoms with E-state index in [0.717, 1.165) is 27.4 Å². The first kappa shape index (κ1) is 30.8. The maximum Gasteiger partial charge on any atom is 0.350 e. The summed E-state index contributed by atoms with van der Waals surface area (Å²) in [4.78, 5) is 55.9. The number of aliphatic hydroxyl groups is 1. The molecular weight excluding hydrogens is 598 g/mol. The monoisotopic (exact) mass is 625 g/mol. The van der Waals surface area contributed by atoms with E-state index in [9.17, 15) is 29.6 Å². The number of carbonyl (C=O) groups is 3. The molecule has 4 aromatic rings. The minimum atomic E-state index is -1.20. The zero-order valence-electron chi connectivity index (χ0n) is 24.3. The fraction of sp³-hybridized carbons (Fsp3) is 0.152. The first-order valence-corrected chi connectivity index (χ1v) is 14.5. The third kappa shape index (κ3) is 6.36. The number of amides is 1. The number of nitro benzene ring substituents is 1. The van der Waals surface area contributed by atoms with Gasteiger partial charge in [-0.2, -0.15) is 0 Å². The molecule has 1 aromatic heterocycles. The molecule has 1 unspecified atom stereocenters. The van der Waals surface area contributed by atoms with Gasteiger partial charge in [0.15, 0.2) is 5.13 Å². The zero-order valence-corrected chi connectivity index (χ0v) is 25.1. The number of nitro groups is 1. The van der Waals surface area contributed by atoms with E-state index in [1.54, 1.807) is 31.2 Å². The van der Waals surface area contributed by atoms with Crippen molar-refractivity contribution in [2.75, 3.05) is 11.5 Å². The number of nitrogens with zero attached hydrogens (tertiary/aromatic N) is 3. The molecule has 0 spiro atoms. The molecule has 5 rings (SSSR count). The van der Waals surface area contributed by atoms with Gasteiger partial charge in [0.05, 0.1) is 22.2 Å². The molecule has 1 atom stereocenters. The van der Waals surface area contributed by atoms with Crippen molar-refractivity contribution < 1.29 is 33.9 Å². The largest absolute Gasteiger partial charge is 0.507 e. The molecule has 11 nitrogen and oxygen atoms in total. The zero-order chi connectivity index (χ0) is 32.2. The smallest absolute Gasteiger partial charge is 0.350 e. The van der Waals surface area contributed by atoms with Gasteiger partial charge >= 0.3 is 11.9 Å². The molecule has 2 heterocycles. The number of rotatable bonds is 10. The third-order valence-electron chi connectivity index (χ3n) is 6.99. The predicted molar refractivity (Wildman–Crippen MR) is 167 cm³/mol. The number of aryl methyl sites for hydroxylation is 2. The lowest BCUT2D eigenvalue weighted by Crippen LogP contribution is -2.29. The Hall–Kier alpha value is -5.62. The molecule has 1 saturated heterocycles. The molecule has 1 N–H and O–H groups in total. The van der Waals surface area contributed by atoms with Gasteiger partial charge in [-0.25, -0.2) is 9.78 Å². The summed E-state index contributed by atoms with van der Waals surface area (Å²) >= 11 is 0.847. The second kappa shape index (κ2) is 12.9. The number of ether oxygens (including phenoxy) is 2. The number of aromatic nitrogens is 1. The lowest BCUT2D eigenvalue weighted by molar-refractivity contribution is -0.384. The summed E-state index contributed by atoms with van der Waals surface area (Å²) < 4.78 is 11.0. The van der Waals surface area contributed by atoms with Crippen molar-refractivity contribution in [3.63, 3.8) is 0 Å². The quantitative estimate of drug-likeness (QED) is 0.0412. The molecule has 1 aliphatic heterocycles. The van der Waals surface area contributed by atoms with Gasteiger partial charge in [0.1, 0.15) is 29.6 Å². The van der Waals surface area contributed by atoms with Gasteiger partial charge in [-0.15, -0.1) is 0 Å². The number of anilines is 1. The van der Waals surface area contributed by atoms with Gasteiger partial charge in [-0.1, -0.05) is 53.8 Å². The maximum absolute atomic E-state index is 13.5. The normalized spacial score (nSPS) is 15.6. The van der Waals surface area contributed by atoms with Crippen molar-refractivity contribution >= 4 is 45.6 Å². The molecular formula is C33H27N3O8S. The van der Waals surface area contributed by atoms with Crippen LogP contribution in [-0.2, 0) is 20.9 Å². The first-order valence-electron chi connectivity index (χ1n) is 13.7. The van der Waals surface area contributed by atoms with E-state index >= 15 is 0 Å². The van der Waals surface area contributed by atoms with Crippen LogP contribution in [0.15, 0.2) is 91.0 Å². The Morgan fingerprint density at radius 1 is 1.11 bits per heavy atom. The number of ketones is 1.